The van der Waals surface area contributed by atoms with E-state index in [1.54, 1.807) is 23.0 Å². The fourth-order valence-electron chi connectivity index (χ4n) is 2.69. The molecule has 0 saturated carbocycles. The van der Waals surface area contributed by atoms with Gasteiger partial charge in [0.1, 0.15) is 5.82 Å². The number of nitrogens with two attached hydrogens (primary N) is 1. The van der Waals surface area contributed by atoms with E-state index in [2.05, 4.69) is 10.1 Å². The van der Waals surface area contributed by atoms with Gasteiger partial charge in [0, 0.05) is 11.8 Å². The molecule has 3 heterocycles. The van der Waals surface area contributed by atoms with E-state index < -0.39 is 9.84 Å². The maximum absolute atomic E-state index is 11.7. The third-order valence-corrected chi connectivity index (χ3v) is 5.46. The normalized spacial score (nSPS) is 22.6. The summed E-state index contributed by atoms with van der Waals surface area (Å²) in [7, 11) is -2.87. The summed E-state index contributed by atoms with van der Waals surface area (Å²) in [5, 5.41) is 4.20. The highest BCUT2D eigenvalue weighted by Crippen LogP contribution is 2.24. The quantitative estimate of drug-likeness (QED) is 0.873. The van der Waals surface area contributed by atoms with Crippen molar-refractivity contribution < 1.29 is 8.42 Å². The molecule has 3 rings (SSSR count). The van der Waals surface area contributed by atoms with Crippen LogP contribution in [0.1, 0.15) is 18.4 Å². The molecule has 102 valence electrons. The minimum Gasteiger partial charge on any atom is -0.384 e. The first-order valence-electron chi connectivity index (χ1n) is 6.33. The van der Waals surface area contributed by atoms with Gasteiger partial charge in [-0.3, -0.25) is 0 Å². The van der Waals surface area contributed by atoms with E-state index in [0.717, 1.165) is 24.1 Å². The van der Waals surface area contributed by atoms with Gasteiger partial charge in [-0.25, -0.2) is 13.4 Å². The summed E-state index contributed by atoms with van der Waals surface area (Å²) in [5.74, 6) is 1.29. The molecule has 1 fully saturated rings. The van der Waals surface area contributed by atoms with Gasteiger partial charge >= 0.3 is 0 Å². The Hall–Kier alpha value is -1.63. The Balaban J connectivity index is 1.88. The first kappa shape index (κ1) is 12.4. The van der Waals surface area contributed by atoms with Gasteiger partial charge in [-0.05, 0) is 31.2 Å². The van der Waals surface area contributed by atoms with Crippen LogP contribution in [0.15, 0.2) is 18.5 Å². The molecule has 7 heteroatoms. The van der Waals surface area contributed by atoms with Crippen molar-refractivity contribution >= 4 is 21.3 Å². The monoisotopic (exact) mass is 280 g/mol. The Bertz CT molecular complexity index is 708. The molecule has 0 bridgehead atoms. The largest absolute Gasteiger partial charge is 0.384 e. The van der Waals surface area contributed by atoms with E-state index in [1.807, 2.05) is 0 Å². The molecule has 1 unspecified atom stereocenters. The van der Waals surface area contributed by atoms with E-state index in [-0.39, 0.29) is 11.7 Å². The van der Waals surface area contributed by atoms with Crippen molar-refractivity contribution in [1.82, 2.24) is 14.6 Å². The fourth-order valence-corrected chi connectivity index (χ4v) is 4.47. The van der Waals surface area contributed by atoms with E-state index in [1.165, 1.54) is 0 Å². The summed E-state index contributed by atoms with van der Waals surface area (Å²) in [4.78, 5) is 4.27. The van der Waals surface area contributed by atoms with Gasteiger partial charge in [0.25, 0.3) is 0 Å². The maximum atomic E-state index is 11.7. The molecular weight excluding hydrogens is 264 g/mol. The average Bonchev–Trinajstić information content (AvgIpc) is 2.73. The summed E-state index contributed by atoms with van der Waals surface area (Å²) < 4.78 is 24.9. The SMILES string of the molecule is Nc1ccnc2c(CC3CCCS(=O)(=O)C3)cnn12. The number of hydrogen-bond acceptors (Lipinski definition) is 5. The number of sulfone groups is 1. The molecule has 1 aliphatic heterocycles. The molecule has 1 saturated heterocycles. The Kier molecular flexibility index (Phi) is 2.93. The first-order valence-corrected chi connectivity index (χ1v) is 8.15. The van der Waals surface area contributed by atoms with Crippen LogP contribution in [0.25, 0.3) is 5.65 Å². The van der Waals surface area contributed by atoms with Gasteiger partial charge in [0.2, 0.25) is 0 Å². The van der Waals surface area contributed by atoms with Crippen molar-refractivity contribution in [2.75, 3.05) is 17.2 Å². The molecule has 1 atom stereocenters. The molecule has 1 aliphatic rings. The van der Waals surface area contributed by atoms with Crippen LogP contribution in [0.2, 0.25) is 0 Å². The molecular formula is C12H16N4O2S. The maximum Gasteiger partial charge on any atom is 0.160 e. The molecule has 0 spiro atoms. The predicted octanol–water partition coefficient (Wildman–Crippen LogP) is 0.679. The second-order valence-corrected chi connectivity index (χ2v) is 7.33. The molecule has 2 aromatic heterocycles. The smallest absolute Gasteiger partial charge is 0.160 e. The number of nitrogens with zero attached hydrogens (tertiary/aromatic N) is 3. The van der Waals surface area contributed by atoms with Gasteiger partial charge in [-0.15, -0.1) is 0 Å². The highest BCUT2D eigenvalue weighted by Gasteiger charge is 2.25. The number of fused-ring (bicyclic) bond motifs is 1. The highest BCUT2D eigenvalue weighted by atomic mass is 32.2. The molecule has 19 heavy (non-hydrogen) atoms. The number of aromatic nitrogens is 3. The van der Waals surface area contributed by atoms with Crippen molar-refractivity contribution in [1.29, 1.82) is 0 Å². The van der Waals surface area contributed by atoms with Crippen molar-refractivity contribution in [3.63, 3.8) is 0 Å². The highest BCUT2D eigenvalue weighted by molar-refractivity contribution is 7.91. The molecule has 6 nitrogen and oxygen atoms in total. The molecule has 0 aromatic carbocycles. The van der Waals surface area contributed by atoms with Crippen LogP contribution in [0.4, 0.5) is 5.82 Å². The molecule has 0 aliphatic carbocycles. The average molecular weight is 280 g/mol. The summed E-state index contributed by atoms with van der Waals surface area (Å²) in [6.07, 6.45) is 5.77. The zero-order valence-corrected chi connectivity index (χ0v) is 11.3. The van der Waals surface area contributed by atoms with Gasteiger partial charge in [-0.1, -0.05) is 0 Å². The number of anilines is 1. The molecule has 2 aromatic rings. The Labute approximate surface area is 111 Å². The standard InChI is InChI=1S/C12H16N4O2S/c13-11-3-4-14-12-10(7-15-16(11)12)6-9-2-1-5-19(17,18)8-9/h3-4,7,9H,1-2,5-6,8,13H2. The zero-order valence-electron chi connectivity index (χ0n) is 10.5. The molecule has 2 N–H and O–H groups in total. The van der Waals surface area contributed by atoms with E-state index >= 15 is 0 Å². The zero-order chi connectivity index (χ0) is 13.5. The van der Waals surface area contributed by atoms with Crippen LogP contribution in [-0.2, 0) is 16.3 Å². The summed E-state index contributed by atoms with van der Waals surface area (Å²) in [6, 6.07) is 1.69. The lowest BCUT2D eigenvalue weighted by Crippen LogP contribution is -2.26. The van der Waals surface area contributed by atoms with E-state index in [0.29, 0.717) is 18.0 Å². The molecule has 0 radical (unpaired) electrons. The topological polar surface area (TPSA) is 90.3 Å². The lowest BCUT2D eigenvalue weighted by molar-refractivity contribution is 0.484. The summed E-state index contributed by atoms with van der Waals surface area (Å²) in [6.45, 7) is 0. The van der Waals surface area contributed by atoms with Crippen LogP contribution in [0.5, 0.6) is 0 Å². The van der Waals surface area contributed by atoms with Gasteiger partial charge < -0.3 is 5.73 Å². The fraction of sp³-hybridized carbons (Fsp3) is 0.500. The van der Waals surface area contributed by atoms with Crippen molar-refractivity contribution in [3.05, 3.63) is 24.0 Å². The number of nitrogen functional groups attached to an aromatic ring is 1. The van der Waals surface area contributed by atoms with Crippen LogP contribution in [-0.4, -0.2) is 34.5 Å². The van der Waals surface area contributed by atoms with Crippen molar-refractivity contribution in [3.8, 4) is 0 Å². The first-order chi connectivity index (χ1) is 9.05. The minimum atomic E-state index is -2.87. The lowest BCUT2D eigenvalue weighted by atomic mass is 9.98. The Morgan fingerprint density at radius 2 is 2.32 bits per heavy atom. The van der Waals surface area contributed by atoms with Crippen LogP contribution in [0.3, 0.4) is 0 Å². The van der Waals surface area contributed by atoms with E-state index in [9.17, 15) is 8.42 Å². The Morgan fingerprint density at radius 1 is 1.47 bits per heavy atom. The van der Waals surface area contributed by atoms with Crippen LogP contribution < -0.4 is 5.73 Å². The van der Waals surface area contributed by atoms with Gasteiger partial charge in [0.15, 0.2) is 15.5 Å². The minimum absolute atomic E-state index is 0.162. The predicted molar refractivity (Wildman–Crippen MR) is 72.5 cm³/mol. The molecule has 0 amide bonds. The van der Waals surface area contributed by atoms with Crippen molar-refractivity contribution in [2.45, 2.75) is 19.3 Å². The van der Waals surface area contributed by atoms with Crippen LogP contribution >= 0.6 is 0 Å². The number of rotatable bonds is 2. The van der Waals surface area contributed by atoms with Crippen LogP contribution in [0, 0.1) is 5.92 Å². The third-order valence-electron chi connectivity index (χ3n) is 3.57. The summed E-state index contributed by atoms with van der Waals surface area (Å²) in [5.41, 5.74) is 7.50. The van der Waals surface area contributed by atoms with Gasteiger partial charge in [-0.2, -0.15) is 9.61 Å². The van der Waals surface area contributed by atoms with Crippen molar-refractivity contribution in [2.24, 2.45) is 5.92 Å². The second-order valence-electron chi connectivity index (χ2n) is 5.10. The Morgan fingerprint density at radius 3 is 3.11 bits per heavy atom. The summed E-state index contributed by atoms with van der Waals surface area (Å²) >= 11 is 0. The number of hydrogen-bond donors (Lipinski definition) is 1. The second kappa shape index (κ2) is 4.48. The lowest BCUT2D eigenvalue weighted by Gasteiger charge is -2.21. The van der Waals surface area contributed by atoms with E-state index in [4.69, 9.17) is 5.73 Å². The third kappa shape index (κ3) is 2.42. The van der Waals surface area contributed by atoms with Gasteiger partial charge in [0.05, 0.1) is 17.7 Å².